The van der Waals surface area contributed by atoms with Gasteiger partial charge in [-0.2, -0.15) is 0 Å². The molecule has 0 saturated carbocycles. The van der Waals surface area contributed by atoms with Gasteiger partial charge >= 0.3 is 0 Å². The predicted molar refractivity (Wildman–Crippen MR) is 281 cm³/mol. The van der Waals surface area contributed by atoms with Crippen LogP contribution >= 0.6 is 0 Å². The van der Waals surface area contributed by atoms with E-state index in [1.807, 2.05) is 0 Å². The summed E-state index contributed by atoms with van der Waals surface area (Å²) in [5.74, 6) is 0. The van der Waals surface area contributed by atoms with E-state index in [1.54, 1.807) is 5.20 Å². The Hall–Kier alpha value is -7.32. The molecule has 1 heteroatoms. The van der Waals surface area contributed by atoms with Crippen LogP contribution in [0.15, 0.2) is 242 Å². The van der Waals surface area contributed by atoms with E-state index in [4.69, 9.17) is 0 Å². The van der Waals surface area contributed by atoms with Gasteiger partial charge in [0.25, 0.3) is 0 Å². The first-order valence-corrected chi connectivity index (χ1v) is 25.1. The first-order valence-electron chi connectivity index (χ1n) is 23.1. The van der Waals surface area contributed by atoms with Crippen LogP contribution in [0.25, 0.3) is 71.3 Å². The SMILES string of the molecule is CC12CC([Si](c3ccccc3)(c3ccccc3)c3ccccc3)=CC=C1c1ccc(-c3c4ccccc4c(-c4ccc(-c5ccc6ccccc6c5)cc4)c4ccccc34)cc1C2(C)C. The van der Waals surface area contributed by atoms with Crippen molar-refractivity contribution in [3.05, 3.63) is 253 Å². The van der Waals surface area contributed by atoms with Crippen LogP contribution in [-0.2, 0) is 5.41 Å². The van der Waals surface area contributed by atoms with Crippen molar-refractivity contribution >= 4 is 61.5 Å². The van der Waals surface area contributed by atoms with Gasteiger partial charge in [0, 0.05) is 10.8 Å². The molecule has 10 aromatic rings. The molecule has 0 nitrogen and oxygen atoms in total. The topological polar surface area (TPSA) is 0 Å². The van der Waals surface area contributed by atoms with Crippen LogP contribution in [0.2, 0.25) is 0 Å². The third-order valence-corrected chi connectivity index (χ3v) is 20.4. The molecule has 0 N–H and O–H groups in total. The zero-order valence-corrected chi connectivity index (χ0v) is 38.2. The Morgan fingerprint density at radius 2 is 0.815 bits per heavy atom. The van der Waals surface area contributed by atoms with Crippen molar-refractivity contribution in [2.24, 2.45) is 5.41 Å². The number of hydrogen-bond donors (Lipinski definition) is 0. The fourth-order valence-corrected chi connectivity index (χ4v) is 17.1. The average molecular weight is 847 g/mol. The Balaban J connectivity index is 0.988. The lowest BCUT2D eigenvalue weighted by atomic mass is 9.62. The third-order valence-electron chi connectivity index (χ3n) is 15.5. The predicted octanol–water partition coefficient (Wildman–Crippen LogP) is 14.9. The lowest BCUT2D eigenvalue weighted by Crippen LogP contribution is -2.69. The molecule has 2 aliphatic rings. The van der Waals surface area contributed by atoms with E-state index >= 15 is 0 Å². The van der Waals surface area contributed by atoms with E-state index < -0.39 is 8.07 Å². The van der Waals surface area contributed by atoms with Gasteiger partial charge in [-0.15, -0.1) is 0 Å². The molecule has 12 rings (SSSR count). The molecule has 10 aromatic carbocycles. The molecule has 65 heavy (non-hydrogen) atoms. The summed E-state index contributed by atoms with van der Waals surface area (Å²) in [4.78, 5) is 0. The van der Waals surface area contributed by atoms with Crippen molar-refractivity contribution in [2.75, 3.05) is 0 Å². The van der Waals surface area contributed by atoms with E-state index in [-0.39, 0.29) is 10.8 Å². The molecular weight excluding hydrogens is 797 g/mol. The lowest BCUT2D eigenvalue weighted by molar-refractivity contribution is 0.269. The lowest BCUT2D eigenvalue weighted by Gasteiger charge is -2.46. The van der Waals surface area contributed by atoms with E-state index in [2.05, 4.69) is 257 Å². The van der Waals surface area contributed by atoms with Crippen LogP contribution in [0.1, 0.15) is 38.3 Å². The van der Waals surface area contributed by atoms with Crippen LogP contribution in [0, 0.1) is 5.41 Å². The van der Waals surface area contributed by atoms with Gasteiger partial charge in [-0.1, -0.05) is 250 Å². The summed E-state index contributed by atoms with van der Waals surface area (Å²) in [5, 5.41) is 13.5. The van der Waals surface area contributed by atoms with Gasteiger partial charge in [0.2, 0.25) is 0 Å². The number of rotatable bonds is 7. The monoisotopic (exact) mass is 846 g/mol. The highest BCUT2D eigenvalue weighted by Crippen LogP contribution is 2.63. The van der Waals surface area contributed by atoms with Gasteiger partial charge < -0.3 is 0 Å². The Morgan fingerprint density at radius 1 is 0.369 bits per heavy atom. The van der Waals surface area contributed by atoms with E-state index in [1.165, 1.54) is 98.0 Å². The minimum Gasteiger partial charge on any atom is -0.0665 e. The van der Waals surface area contributed by atoms with Crippen molar-refractivity contribution in [1.29, 1.82) is 0 Å². The van der Waals surface area contributed by atoms with Crippen molar-refractivity contribution in [3.8, 4) is 33.4 Å². The second-order valence-electron chi connectivity index (χ2n) is 19.0. The molecule has 0 saturated heterocycles. The first kappa shape index (κ1) is 39.3. The molecule has 0 fully saturated rings. The van der Waals surface area contributed by atoms with Crippen LogP contribution in [-0.4, -0.2) is 8.07 Å². The average Bonchev–Trinajstić information content (AvgIpc) is 3.54. The molecule has 1 atom stereocenters. The highest BCUT2D eigenvalue weighted by Gasteiger charge is 2.56. The Kier molecular flexibility index (Phi) is 9.16. The molecule has 0 radical (unpaired) electrons. The fraction of sp³-hybridized carbons (Fsp3) is 0.0938. The quantitative estimate of drug-likeness (QED) is 0.0852. The second kappa shape index (κ2) is 15.2. The molecule has 0 aliphatic heterocycles. The van der Waals surface area contributed by atoms with Crippen LogP contribution in [0.5, 0.6) is 0 Å². The maximum Gasteiger partial charge on any atom is 0.175 e. The zero-order chi connectivity index (χ0) is 43.8. The van der Waals surface area contributed by atoms with E-state index in [9.17, 15) is 0 Å². The molecule has 0 amide bonds. The molecule has 0 bridgehead atoms. The van der Waals surface area contributed by atoms with Gasteiger partial charge in [-0.3, -0.25) is 0 Å². The van der Waals surface area contributed by atoms with E-state index in [0.717, 1.165) is 6.42 Å². The van der Waals surface area contributed by atoms with Crippen LogP contribution < -0.4 is 15.6 Å². The summed E-state index contributed by atoms with van der Waals surface area (Å²) in [6.07, 6.45) is 6.03. The van der Waals surface area contributed by atoms with Crippen LogP contribution in [0.4, 0.5) is 0 Å². The van der Waals surface area contributed by atoms with Crippen molar-refractivity contribution < 1.29 is 0 Å². The maximum absolute atomic E-state index is 2.67. The summed E-state index contributed by atoms with van der Waals surface area (Å²) in [5.41, 5.74) is 11.6. The minimum atomic E-state index is -2.67. The summed E-state index contributed by atoms with van der Waals surface area (Å²) < 4.78 is 0. The molecule has 1 unspecified atom stereocenters. The van der Waals surface area contributed by atoms with Crippen molar-refractivity contribution in [1.82, 2.24) is 0 Å². The Morgan fingerprint density at radius 3 is 1.37 bits per heavy atom. The Bertz CT molecular complexity index is 3370. The van der Waals surface area contributed by atoms with E-state index in [0.29, 0.717) is 0 Å². The first-order chi connectivity index (χ1) is 31.9. The minimum absolute atomic E-state index is 0.123. The summed E-state index contributed by atoms with van der Waals surface area (Å²) in [6, 6.07) is 84.3. The van der Waals surface area contributed by atoms with Gasteiger partial charge in [0.1, 0.15) is 0 Å². The zero-order valence-electron chi connectivity index (χ0n) is 37.2. The molecule has 0 heterocycles. The van der Waals surface area contributed by atoms with Crippen molar-refractivity contribution in [3.63, 3.8) is 0 Å². The van der Waals surface area contributed by atoms with Gasteiger partial charge in [0.05, 0.1) is 0 Å². The van der Waals surface area contributed by atoms with Gasteiger partial charge in [-0.25, -0.2) is 0 Å². The second-order valence-corrected chi connectivity index (χ2v) is 22.9. The maximum atomic E-state index is 2.56. The number of hydrogen-bond acceptors (Lipinski definition) is 0. The molecule has 310 valence electrons. The smallest absolute Gasteiger partial charge is 0.0665 e. The number of fused-ring (bicyclic) bond motifs is 6. The largest absolute Gasteiger partial charge is 0.175 e. The Labute approximate surface area is 383 Å². The fourth-order valence-electron chi connectivity index (χ4n) is 11.9. The number of allylic oxidation sites excluding steroid dienone is 4. The molecule has 2 aliphatic carbocycles. The molecular formula is C64H50Si. The standard InChI is InChI=1S/C64H50Si/c1-63(2)60-42-49(37-39-58(60)59-40-38-53(43-64(59,63)3)65(50-21-7-4-8-22-50,51-23-9-5-10-24-51)52-25-11-6-12-26-52)62-56-29-17-15-27-54(56)61(55-28-16-18-30-57(55)62)46-34-31-45(32-35-46)48-36-33-44-19-13-14-20-47(44)41-48/h4-42H,43H2,1-3H3. The van der Waals surface area contributed by atoms with Crippen molar-refractivity contribution in [2.45, 2.75) is 32.6 Å². The van der Waals surface area contributed by atoms with Crippen LogP contribution in [0.3, 0.4) is 0 Å². The summed E-state index contributed by atoms with van der Waals surface area (Å²) in [7, 11) is -2.67. The normalized spacial score (nSPS) is 16.5. The molecule has 0 aromatic heterocycles. The highest BCUT2D eigenvalue weighted by atomic mass is 28.3. The third kappa shape index (κ3) is 5.96. The van der Waals surface area contributed by atoms with Gasteiger partial charge in [-0.05, 0) is 117 Å². The molecule has 0 spiro atoms. The summed E-state index contributed by atoms with van der Waals surface area (Å²) >= 11 is 0. The van der Waals surface area contributed by atoms with Gasteiger partial charge in [0.15, 0.2) is 8.07 Å². The number of benzene rings is 10. The highest BCUT2D eigenvalue weighted by molar-refractivity contribution is 7.16. The summed E-state index contributed by atoms with van der Waals surface area (Å²) in [6.45, 7) is 7.57.